The Balaban J connectivity index is 2.37. The highest BCUT2D eigenvalue weighted by molar-refractivity contribution is 5.91. The quantitative estimate of drug-likeness (QED) is 0.804. The van der Waals surface area contributed by atoms with Crippen molar-refractivity contribution in [2.24, 2.45) is 0 Å². The number of ether oxygens (including phenoxy) is 2. The zero-order valence-corrected chi connectivity index (χ0v) is 11.2. The summed E-state index contributed by atoms with van der Waals surface area (Å²) in [4.78, 5) is 18.7. The van der Waals surface area contributed by atoms with Gasteiger partial charge in [0.2, 0.25) is 0 Å². The van der Waals surface area contributed by atoms with E-state index in [2.05, 4.69) is 15.3 Å². The molecule has 0 aliphatic rings. The Morgan fingerprint density at radius 3 is 2.60 bits per heavy atom. The first-order valence-electron chi connectivity index (χ1n) is 5.96. The molecule has 1 aromatic carbocycles. The van der Waals surface area contributed by atoms with Gasteiger partial charge in [0.05, 0.1) is 19.7 Å². The number of carbonyl (C=O) groups is 1. The number of carboxylic acids is 1. The van der Waals surface area contributed by atoms with E-state index in [-0.39, 0.29) is 13.0 Å². The standard InChI is InChI=1S/C13H15N3O4/c1-19-10-5-8-9(6-11(10)20-2)15-7-16-13(8)14-4-3-12(17)18/h5-7H,3-4H2,1-2H3,(H,17,18)(H,14,15,16)/p-1. The molecule has 1 heterocycles. The first kappa shape index (κ1) is 13.9. The molecule has 7 nitrogen and oxygen atoms in total. The van der Waals surface area contributed by atoms with E-state index in [0.717, 1.165) is 5.39 Å². The molecule has 0 unspecified atom stereocenters. The number of methoxy groups -OCH3 is 2. The number of aromatic nitrogens is 2. The molecule has 0 amide bonds. The van der Waals surface area contributed by atoms with Gasteiger partial charge in [-0.2, -0.15) is 0 Å². The molecule has 0 fully saturated rings. The summed E-state index contributed by atoms with van der Waals surface area (Å²) >= 11 is 0. The number of hydrogen-bond donors (Lipinski definition) is 1. The van der Waals surface area contributed by atoms with Gasteiger partial charge in [0, 0.05) is 30.4 Å². The maximum Gasteiger partial charge on any atom is 0.162 e. The second kappa shape index (κ2) is 6.05. The van der Waals surface area contributed by atoms with E-state index in [1.165, 1.54) is 13.4 Å². The van der Waals surface area contributed by atoms with Crippen LogP contribution in [0.2, 0.25) is 0 Å². The predicted molar refractivity (Wildman–Crippen MR) is 70.8 cm³/mol. The Morgan fingerprint density at radius 1 is 1.25 bits per heavy atom. The molecule has 0 spiro atoms. The number of hydrogen-bond acceptors (Lipinski definition) is 7. The molecule has 2 rings (SSSR count). The molecular weight excluding hydrogens is 262 g/mol. The van der Waals surface area contributed by atoms with Gasteiger partial charge in [0.15, 0.2) is 11.5 Å². The SMILES string of the molecule is COc1cc2ncnc(NCCC(=O)[O-])c2cc1OC. The van der Waals surface area contributed by atoms with Crippen LogP contribution in [0.5, 0.6) is 11.5 Å². The van der Waals surface area contributed by atoms with Crippen LogP contribution in [0.4, 0.5) is 5.82 Å². The third kappa shape index (κ3) is 2.87. The van der Waals surface area contributed by atoms with E-state index < -0.39 is 5.97 Å². The molecule has 1 aromatic heterocycles. The number of aliphatic carboxylic acids is 1. The van der Waals surface area contributed by atoms with E-state index in [1.54, 1.807) is 19.2 Å². The van der Waals surface area contributed by atoms with Crippen molar-refractivity contribution in [3.05, 3.63) is 18.5 Å². The molecule has 0 aliphatic heterocycles. The molecule has 106 valence electrons. The number of anilines is 1. The molecule has 0 bridgehead atoms. The minimum atomic E-state index is -1.12. The van der Waals surface area contributed by atoms with Gasteiger partial charge in [-0.25, -0.2) is 9.97 Å². The topological polar surface area (TPSA) is 96.4 Å². The lowest BCUT2D eigenvalue weighted by atomic mass is 10.2. The lowest BCUT2D eigenvalue weighted by Crippen LogP contribution is -2.24. The Hall–Kier alpha value is -2.57. The Labute approximate surface area is 115 Å². The molecule has 7 heteroatoms. The lowest BCUT2D eigenvalue weighted by Gasteiger charge is -2.12. The van der Waals surface area contributed by atoms with Gasteiger partial charge in [0.25, 0.3) is 0 Å². The predicted octanol–water partition coefficient (Wildman–Crippen LogP) is 0.199. The van der Waals surface area contributed by atoms with Crippen LogP contribution in [-0.4, -0.2) is 36.7 Å². The summed E-state index contributed by atoms with van der Waals surface area (Å²) in [6.45, 7) is 0.225. The Morgan fingerprint density at radius 2 is 1.95 bits per heavy atom. The van der Waals surface area contributed by atoms with Gasteiger partial charge in [-0.15, -0.1) is 0 Å². The van der Waals surface area contributed by atoms with Crippen LogP contribution in [0, 0.1) is 0 Å². The van der Waals surface area contributed by atoms with Crippen molar-refractivity contribution in [3.8, 4) is 11.5 Å². The van der Waals surface area contributed by atoms with Crippen LogP contribution in [0.15, 0.2) is 18.5 Å². The average molecular weight is 276 g/mol. The number of benzene rings is 1. The number of carboxylic acid groups (broad SMARTS) is 1. The lowest BCUT2D eigenvalue weighted by molar-refractivity contribution is -0.305. The maximum absolute atomic E-state index is 10.4. The van der Waals surface area contributed by atoms with Crippen molar-refractivity contribution in [3.63, 3.8) is 0 Å². The van der Waals surface area contributed by atoms with Crippen molar-refractivity contribution < 1.29 is 19.4 Å². The van der Waals surface area contributed by atoms with Crippen molar-refractivity contribution >= 4 is 22.7 Å². The minimum absolute atomic E-state index is 0.0984. The van der Waals surface area contributed by atoms with Crippen LogP contribution in [0.25, 0.3) is 10.9 Å². The molecule has 1 N–H and O–H groups in total. The van der Waals surface area contributed by atoms with Gasteiger partial charge < -0.3 is 24.7 Å². The summed E-state index contributed by atoms with van der Waals surface area (Å²) in [7, 11) is 3.08. The fraction of sp³-hybridized carbons (Fsp3) is 0.308. The summed E-state index contributed by atoms with van der Waals surface area (Å²) in [6.07, 6.45) is 1.30. The third-order valence-electron chi connectivity index (χ3n) is 2.76. The molecule has 0 saturated carbocycles. The average Bonchev–Trinajstić information content (AvgIpc) is 2.45. The molecular formula is C13H14N3O4-. The first-order valence-corrected chi connectivity index (χ1v) is 5.96. The molecule has 20 heavy (non-hydrogen) atoms. The van der Waals surface area contributed by atoms with Crippen LogP contribution in [-0.2, 0) is 4.79 Å². The summed E-state index contributed by atoms with van der Waals surface area (Å²) in [5.41, 5.74) is 0.675. The monoisotopic (exact) mass is 276 g/mol. The highest BCUT2D eigenvalue weighted by atomic mass is 16.5. The maximum atomic E-state index is 10.4. The molecule has 0 saturated heterocycles. The molecule has 2 aromatic rings. The van der Waals surface area contributed by atoms with E-state index in [9.17, 15) is 9.90 Å². The van der Waals surface area contributed by atoms with E-state index in [4.69, 9.17) is 9.47 Å². The van der Waals surface area contributed by atoms with E-state index in [1.807, 2.05) is 0 Å². The molecule has 0 aliphatic carbocycles. The van der Waals surface area contributed by atoms with Crippen LogP contribution in [0.3, 0.4) is 0 Å². The minimum Gasteiger partial charge on any atom is -0.550 e. The van der Waals surface area contributed by atoms with Crippen molar-refractivity contribution in [1.82, 2.24) is 9.97 Å². The molecule has 0 radical (unpaired) electrons. The van der Waals surface area contributed by atoms with Crippen LogP contribution < -0.4 is 19.9 Å². The zero-order valence-electron chi connectivity index (χ0n) is 11.2. The van der Waals surface area contributed by atoms with Gasteiger partial charge >= 0.3 is 0 Å². The normalized spacial score (nSPS) is 10.3. The number of nitrogens with one attached hydrogen (secondary N) is 1. The van der Waals surface area contributed by atoms with Gasteiger partial charge in [-0.3, -0.25) is 0 Å². The van der Waals surface area contributed by atoms with Gasteiger partial charge in [-0.05, 0) is 6.07 Å². The summed E-state index contributed by atoms with van der Waals surface area (Å²) in [6, 6.07) is 3.48. The fourth-order valence-electron chi connectivity index (χ4n) is 1.81. The number of rotatable bonds is 6. The van der Waals surface area contributed by atoms with Gasteiger partial charge in [0.1, 0.15) is 12.1 Å². The molecule has 0 atom stereocenters. The van der Waals surface area contributed by atoms with Gasteiger partial charge in [-0.1, -0.05) is 0 Å². The Kier molecular flexibility index (Phi) is 4.19. The van der Waals surface area contributed by atoms with Crippen molar-refractivity contribution in [2.45, 2.75) is 6.42 Å². The second-order valence-corrected chi connectivity index (χ2v) is 4.00. The third-order valence-corrected chi connectivity index (χ3v) is 2.76. The number of fused-ring (bicyclic) bond motifs is 1. The second-order valence-electron chi connectivity index (χ2n) is 4.00. The largest absolute Gasteiger partial charge is 0.550 e. The zero-order chi connectivity index (χ0) is 14.5. The van der Waals surface area contributed by atoms with Crippen molar-refractivity contribution in [1.29, 1.82) is 0 Å². The number of nitrogens with zero attached hydrogens (tertiary/aromatic N) is 2. The highest BCUT2D eigenvalue weighted by Crippen LogP contribution is 2.33. The summed E-state index contributed by atoms with van der Waals surface area (Å²) in [5, 5.41) is 14.1. The van der Waals surface area contributed by atoms with E-state index >= 15 is 0 Å². The van der Waals surface area contributed by atoms with Crippen LogP contribution >= 0.6 is 0 Å². The van der Waals surface area contributed by atoms with E-state index in [0.29, 0.717) is 22.8 Å². The fourth-order valence-corrected chi connectivity index (χ4v) is 1.81. The summed E-state index contributed by atoms with van der Waals surface area (Å²) in [5.74, 6) is 0.546. The van der Waals surface area contributed by atoms with Crippen molar-refractivity contribution in [2.75, 3.05) is 26.1 Å². The van der Waals surface area contributed by atoms with Crippen LogP contribution in [0.1, 0.15) is 6.42 Å². The smallest absolute Gasteiger partial charge is 0.162 e. The Bertz CT molecular complexity index is 630. The number of carbonyl (C=O) groups excluding carboxylic acids is 1. The highest BCUT2D eigenvalue weighted by Gasteiger charge is 2.10. The summed E-state index contributed by atoms with van der Waals surface area (Å²) < 4.78 is 10.4. The first-order chi connectivity index (χ1) is 9.65.